The van der Waals surface area contributed by atoms with Crippen LogP contribution >= 0.6 is 0 Å². The Balaban J connectivity index is 2.40. The van der Waals surface area contributed by atoms with Crippen molar-refractivity contribution in [2.24, 2.45) is 11.5 Å². The van der Waals surface area contributed by atoms with Gasteiger partial charge in [-0.05, 0) is 0 Å². The normalized spacial score (nSPS) is 17.6. The Bertz CT molecular complexity index is 377. The molecule has 0 aromatic heterocycles. The van der Waals surface area contributed by atoms with Gasteiger partial charge in [0.25, 0.3) is 0 Å². The first kappa shape index (κ1) is 16.4. The quantitative estimate of drug-likeness (QED) is 0.576. The average molecular weight is 285 g/mol. The SMILES string of the molecule is CN(C)C(=O)CN1CCN(C(=O)C(N)CC(N)=O)CC1. The molecular formula is C12H23N5O3. The summed E-state index contributed by atoms with van der Waals surface area (Å²) in [5, 5.41) is 0. The number of likely N-dealkylation sites (N-methyl/N-ethyl adjacent to an activating group) is 1. The van der Waals surface area contributed by atoms with Gasteiger partial charge in [-0.15, -0.1) is 0 Å². The van der Waals surface area contributed by atoms with Crippen LogP contribution in [0.15, 0.2) is 0 Å². The third kappa shape index (κ3) is 4.78. The molecule has 1 atom stereocenters. The number of primary amides is 1. The van der Waals surface area contributed by atoms with Gasteiger partial charge in [-0.3, -0.25) is 19.3 Å². The number of nitrogens with zero attached hydrogens (tertiary/aromatic N) is 3. The van der Waals surface area contributed by atoms with E-state index in [2.05, 4.69) is 0 Å². The van der Waals surface area contributed by atoms with Crippen LogP contribution in [0.5, 0.6) is 0 Å². The minimum Gasteiger partial charge on any atom is -0.370 e. The number of piperazine rings is 1. The zero-order valence-electron chi connectivity index (χ0n) is 12.0. The molecule has 1 unspecified atom stereocenters. The number of carbonyl (C=O) groups excluding carboxylic acids is 3. The molecule has 0 aromatic carbocycles. The second-order valence-corrected chi connectivity index (χ2v) is 5.17. The number of amides is 3. The fraction of sp³-hybridized carbons (Fsp3) is 0.750. The van der Waals surface area contributed by atoms with E-state index in [0.29, 0.717) is 32.7 Å². The van der Waals surface area contributed by atoms with Crippen molar-refractivity contribution in [2.45, 2.75) is 12.5 Å². The highest BCUT2D eigenvalue weighted by molar-refractivity contribution is 5.87. The predicted molar refractivity (Wildman–Crippen MR) is 73.5 cm³/mol. The number of hydrogen-bond acceptors (Lipinski definition) is 5. The van der Waals surface area contributed by atoms with Gasteiger partial charge in [0, 0.05) is 40.3 Å². The van der Waals surface area contributed by atoms with E-state index in [1.54, 1.807) is 23.9 Å². The Morgan fingerprint density at radius 3 is 2.15 bits per heavy atom. The lowest BCUT2D eigenvalue weighted by atomic mass is 10.1. The van der Waals surface area contributed by atoms with Crippen molar-refractivity contribution in [1.82, 2.24) is 14.7 Å². The molecule has 0 bridgehead atoms. The van der Waals surface area contributed by atoms with Gasteiger partial charge < -0.3 is 21.3 Å². The van der Waals surface area contributed by atoms with E-state index in [1.807, 2.05) is 4.90 Å². The van der Waals surface area contributed by atoms with E-state index in [-0.39, 0.29) is 18.2 Å². The highest BCUT2D eigenvalue weighted by atomic mass is 16.2. The fourth-order valence-electron chi connectivity index (χ4n) is 2.00. The highest BCUT2D eigenvalue weighted by Crippen LogP contribution is 2.05. The molecule has 4 N–H and O–H groups in total. The zero-order valence-corrected chi connectivity index (χ0v) is 12.0. The van der Waals surface area contributed by atoms with Crippen molar-refractivity contribution in [3.05, 3.63) is 0 Å². The van der Waals surface area contributed by atoms with Gasteiger partial charge in [0.1, 0.15) is 0 Å². The van der Waals surface area contributed by atoms with Crippen LogP contribution < -0.4 is 11.5 Å². The van der Waals surface area contributed by atoms with E-state index in [1.165, 1.54) is 0 Å². The molecule has 3 amide bonds. The van der Waals surface area contributed by atoms with Crippen LogP contribution in [0.2, 0.25) is 0 Å². The summed E-state index contributed by atoms with van der Waals surface area (Å²) < 4.78 is 0. The molecular weight excluding hydrogens is 262 g/mol. The molecule has 1 aliphatic rings. The van der Waals surface area contributed by atoms with Gasteiger partial charge >= 0.3 is 0 Å². The Kier molecular flexibility index (Phi) is 5.90. The molecule has 1 rings (SSSR count). The lowest BCUT2D eigenvalue weighted by Crippen LogP contribution is -2.54. The first-order valence-electron chi connectivity index (χ1n) is 6.56. The summed E-state index contributed by atoms with van der Waals surface area (Å²) in [6.45, 7) is 2.60. The molecule has 20 heavy (non-hydrogen) atoms. The maximum absolute atomic E-state index is 12.0. The Morgan fingerprint density at radius 2 is 1.70 bits per heavy atom. The summed E-state index contributed by atoms with van der Waals surface area (Å²) in [5.41, 5.74) is 10.7. The van der Waals surface area contributed by atoms with Crippen molar-refractivity contribution in [3.63, 3.8) is 0 Å². The minimum atomic E-state index is -0.873. The minimum absolute atomic E-state index is 0.0372. The second kappa shape index (κ2) is 7.20. The average Bonchev–Trinajstić information content (AvgIpc) is 2.37. The standard InChI is InChI=1S/C12H23N5O3/c1-15(2)11(19)8-16-3-5-17(6-4-16)12(20)9(13)7-10(14)18/h9H,3-8,13H2,1-2H3,(H2,14,18). The maximum atomic E-state index is 12.0. The topological polar surface area (TPSA) is 113 Å². The fourth-order valence-corrected chi connectivity index (χ4v) is 2.00. The summed E-state index contributed by atoms with van der Waals surface area (Å²) in [5.74, 6) is -0.807. The van der Waals surface area contributed by atoms with Crippen LogP contribution in [0.1, 0.15) is 6.42 Å². The summed E-state index contributed by atoms with van der Waals surface area (Å²) in [7, 11) is 3.43. The molecule has 0 saturated carbocycles. The van der Waals surface area contributed by atoms with E-state index in [4.69, 9.17) is 11.5 Å². The van der Waals surface area contributed by atoms with Crippen LogP contribution in [-0.4, -0.2) is 85.3 Å². The number of rotatable bonds is 5. The third-order valence-corrected chi connectivity index (χ3v) is 3.28. The van der Waals surface area contributed by atoms with Crippen LogP contribution in [0, 0.1) is 0 Å². The number of carbonyl (C=O) groups is 3. The molecule has 1 fully saturated rings. The Hall–Kier alpha value is -1.67. The van der Waals surface area contributed by atoms with Gasteiger partial charge in [0.2, 0.25) is 17.7 Å². The number of nitrogens with two attached hydrogens (primary N) is 2. The lowest BCUT2D eigenvalue weighted by molar-refractivity contribution is -0.137. The molecule has 0 aliphatic carbocycles. The molecule has 1 heterocycles. The first-order chi connectivity index (χ1) is 9.31. The molecule has 114 valence electrons. The van der Waals surface area contributed by atoms with Gasteiger partial charge in [0.15, 0.2) is 0 Å². The van der Waals surface area contributed by atoms with Crippen LogP contribution in [0.25, 0.3) is 0 Å². The van der Waals surface area contributed by atoms with Crippen LogP contribution in [0.4, 0.5) is 0 Å². The Morgan fingerprint density at radius 1 is 1.15 bits per heavy atom. The lowest BCUT2D eigenvalue weighted by Gasteiger charge is -2.35. The second-order valence-electron chi connectivity index (χ2n) is 5.17. The van der Waals surface area contributed by atoms with Gasteiger partial charge in [-0.1, -0.05) is 0 Å². The summed E-state index contributed by atoms with van der Waals surface area (Å²) in [6, 6.07) is -0.873. The first-order valence-corrected chi connectivity index (χ1v) is 6.56. The third-order valence-electron chi connectivity index (χ3n) is 3.28. The van der Waals surface area contributed by atoms with E-state index in [0.717, 1.165) is 0 Å². The maximum Gasteiger partial charge on any atom is 0.240 e. The monoisotopic (exact) mass is 285 g/mol. The predicted octanol–water partition coefficient (Wildman–Crippen LogP) is -2.58. The van der Waals surface area contributed by atoms with Crippen molar-refractivity contribution in [1.29, 1.82) is 0 Å². The van der Waals surface area contributed by atoms with Crippen LogP contribution in [-0.2, 0) is 14.4 Å². The van der Waals surface area contributed by atoms with E-state index in [9.17, 15) is 14.4 Å². The smallest absolute Gasteiger partial charge is 0.240 e. The van der Waals surface area contributed by atoms with Gasteiger partial charge in [-0.2, -0.15) is 0 Å². The van der Waals surface area contributed by atoms with E-state index >= 15 is 0 Å². The summed E-state index contributed by atoms with van der Waals surface area (Å²) >= 11 is 0. The summed E-state index contributed by atoms with van der Waals surface area (Å²) in [4.78, 5) is 39.5. The molecule has 1 aliphatic heterocycles. The molecule has 0 spiro atoms. The van der Waals surface area contributed by atoms with Crippen molar-refractivity contribution < 1.29 is 14.4 Å². The van der Waals surface area contributed by atoms with Crippen molar-refractivity contribution in [2.75, 3.05) is 46.8 Å². The van der Waals surface area contributed by atoms with E-state index < -0.39 is 11.9 Å². The largest absolute Gasteiger partial charge is 0.370 e. The zero-order chi connectivity index (χ0) is 15.3. The molecule has 8 heteroatoms. The summed E-state index contributed by atoms with van der Waals surface area (Å²) in [6.07, 6.45) is -0.141. The van der Waals surface area contributed by atoms with Crippen LogP contribution in [0.3, 0.4) is 0 Å². The molecule has 8 nitrogen and oxygen atoms in total. The Labute approximate surface area is 118 Å². The van der Waals surface area contributed by atoms with Gasteiger partial charge in [0.05, 0.1) is 19.0 Å². The number of hydrogen-bond donors (Lipinski definition) is 2. The van der Waals surface area contributed by atoms with Crippen molar-refractivity contribution >= 4 is 17.7 Å². The molecule has 0 aromatic rings. The van der Waals surface area contributed by atoms with Gasteiger partial charge in [-0.25, -0.2) is 0 Å². The molecule has 0 radical (unpaired) electrons. The van der Waals surface area contributed by atoms with Crippen molar-refractivity contribution in [3.8, 4) is 0 Å². The highest BCUT2D eigenvalue weighted by Gasteiger charge is 2.26. The molecule has 1 saturated heterocycles.